The van der Waals surface area contributed by atoms with Crippen molar-refractivity contribution in [3.05, 3.63) is 66.7 Å². The van der Waals surface area contributed by atoms with E-state index in [1.807, 2.05) is 19.1 Å². The van der Waals surface area contributed by atoms with E-state index in [0.717, 1.165) is 42.8 Å². The first kappa shape index (κ1) is 26.8. The molecule has 0 aliphatic carbocycles. The van der Waals surface area contributed by atoms with Crippen molar-refractivity contribution in [2.45, 2.75) is 31.0 Å². The predicted octanol–water partition coefficient (Wildman–Crippen LogP) is 4.93. The first-order valence-corrected chi connectivity index (χ1v) is 10.9. The molecule has 0 saturated heterocycles. The minimum Gasteiger partial charge on any atom is -0.406 e. The van der Waals surface area contributed by atoms with E-state index in [1.54, 1.807) is 18.2 Å². The molecule has 0 amide bonds. The number of nitrogens with zero attached hydrogens (tertiary/aromatic N) is 1. The van der Waals surface area contributed by atoms with Crippen molar-refractivity contribution in [2.75, 3.05) is 23.9 Å². The van der Waals surface area contributed by atoms with Gasteiger partial charge in [-0.15, -0.1) is 32.2 Å². The van der Waals surface area contributed by atoms with Crippen LogP contribution in [-0.4, -0.2) is 34.4 Å². The Bertz CT molecular complexity index is 918. The molecule has 0 unspecified atom stereocenters. The fourth-order valence-corrected chi connectivity index (χ4v) is 4.35. The Morgan fingerprint density at radius 2 is 1.71 bits per heavy atom. The smallest absolute Gasteiger partial charge is 0.406 e. The molecule has 172 valence electrons. The van der Waals surface area contributed by atoms with Gasteiger partial charge in [-0.3, -0.25) is 4.31 Å². The van der Waals surface area contributed by atoms with Crippen LogP contribution in [-0.2, 0) is 16.4 Å². The average molecular weight is 479 g/mol. The molecule has 0 radical (unpaired) electrons. The Hall–Kier alpha value is -2.23. The lowest BCUT2D eigenvalue weighted by molar-refractivity contribution is -0.274. The van der Waals surface area contributed by atoms with Crippen LogP contribution in [0.25, 0.3) is 0 Å². The fourth-order valence-electron chi connectivity index (χ4n) is 2.80. The Labute approximate surface area is 187 Å². The number of hydrogen-bond acceptors (Lipinski definition) is 4. The number of hydrogen-bond donors (Lipinski definition) is 1. The molecule has 5 nitrogen and oxygen atoms in total. The van der Waals surface area contributed by atoms with Gasteiger partial charge in [-0.2, -0.15) is 0 Å². The third-order valence-electron chi connectivity index (χ3n) is 4.18. The Morgan fingerprint density at radius 3 is 2.23 bits per heavy atom. The molecule has 1 N–H and O–H groups in total. The van der Waals surface area contributed by atoms with Gasteiger partial charge in [0.2, 0.25) is 0 Å². The van der Waals surface area contributed by atoms with Crippen molar-refractivity contribution in [3.63, 3.8) is 0 Å². The van der Waals surface area contributed by atoms with Crippen LogP contribution in [0.1, 0.15) is 18.9 Å². The topological polar surface area (TPSA) is 58.6 Å². The first-order chi connectivity index (χ1) is 14.2. The molecule has 0 aliphatic rings. The lowest BCUT2D eigenvalue weighted by Crippen LogP contribution is -2.31. The molecule has 0 spiro atoms. The van der Waals surface area contributed by atoms with E-state index in [2.05, 4.69) is 16.6 Å². The summed E-state index contributed by atoms with van der Waals surface area (Å²) in [6, 6.07) is 11.4. The molecule has 0 aromatic heterocycles. The van der Waals surface area contributed by atoms with Crippen molar-refractivity contribution in [2.24, 2.45) is 0 Å². The van der Waals surface area contributed by atoms with Gasteiger partial charge < -0.3 is 10.1 Å². The van der Waals surface area contributed by atoms with Crippen LogP contribution in [0.3, 0.4) is 0 Å². The highest BCUT2D eigenvalue weighted by Crippen LogP contribution is 2.28. The molecule has 0 saturated carbocycles. The lowest BCUT2D eigenvalue weighted by atomic mass is 10.1. The van der Waals surface area contributed by atoms with Gasteiger partial charge in [0, 0.05) is 13.1 Å². The Kier molecular flexibility index (Phi) is 10.4. The number of alkyl halides is 3. The maximum atomic E-state index is 13.1. The summed E-state index contributed by atoms with van der Waals surface area (Å²) in [5.74, 6) is -0.474. The van der Waals surface area contributed by atoms with Gasteiger partial charge in [-0.1, -0.05) is 25.1 Å². The predicted molar refractivity (Wildman–Crippen MR) is 118 cm³/mol. The van der Waals surface area contributed by atoms with Crippen LogP contribution in [0.4, 0.5) is 18.9 Å². The van der Waals surface area contributed by atoms with Gasteiger partial charge in [0.25, 0.3) is 10.0 Å². The van der Waals surface area contributed by atoms with E-state index < -0.39 is 22.1 Å². The lowest BCUT2D eigenvalue weighted by Gasteiger charge is -2.24. The number of anilines is 1. The Balaban J connectivity index is 0.00000480. The van der Waals surface area contributed by atoms with Gasteiger partial charge in [-0.25, -0.2) is 8.42 Å². The van der Waals surface area contributed by atoms with Gasteiger partial charge >= 0.3 is 6.36 Å². The van der Waals surface area contributed by atoms with Crippen molar-refractivity contribution in [1.29, 1.82) is 0 Å². The highest BCUT2D eigenvalue weighted by atomic mass is 35.5. The summed E-state index contributed by atoms with van der Waals surface area (Å²) >= 11 is 0. The summed E-state index contributed by atoms with van der Waals surface area (Å²) in [6.45, 7) is 7.22. The summed E-state index contributed by atoms with van der Waals surface area (Å²) in [5.41, 5.74) is 1.55. The zero-order valence-electron chi connectivity index (χ0n) is 17.1. The van der Waals surface area contributed by atoms with Crippen LogP contribution in [0.2, 0.25) is 0 Å². The SMILES string of the molecule is C=CCNCCc1ccc(N(CCC)S(=O)(=O)c2ccc(OC(F)(F)F)cc2)cc1.Cl. The molecule has 10 heteroatoms. The monoisotopic (exact) mass is 478 g/mol. The minimum atomic E-state index is -4.84. The van der Waals surface area contributed by atoms with Crippen LogP contribution in [0.5, 0.6) is 5.75 Å². The molecule has 31 heavy (non-hydrogen) atoms. The van der Waals surface area contributed by atoms with E-state index in [0.29, 0.717) is 18.7 Å². The number of nitrogens with one attached hydrogen (secondary N) is 1. The molecule has 0 bridgehead atoms. The van der Waals surface area contributed by atoms with E-state index in [-0.39, 0.29) is 23.8 Å². The van der Waals surface area contributed by atoms with Crippen LogP contribution >= 0.6 is 12.4 Å². The summed E-state index contributed by atoms with van der Waals surface area (Å²) in [5, 5.41) is 3.20. The molecule has 2 aromatic carbocycles. The molecule has 0 aliphatic heterocycles. The Morgan fingerprint density at radius 1 is 1.10 bits per heavy atom. The van der Waals surface area contributed by atoms with Crippen LogP contribution in [0.15, 0.2) is 66.1 Å². The second kappa shape index (κ2) is 12.0. The van der Waals surface area contributed by atoms with Gasteiger partial charge in [0.05, 0.1) is 10.6 Å². The number of rotatable bonds is 11. The molecule has 0 heterocycles. The maximum Gasteiger partial charge on any atom is 0.573 e. The highest BCUT2D eigenvalue weighted by Gasteiger charge is 2.31. The zero-order valence-corrected chi connectivity index (χ0v) is 18.7. The third-order valence-corrected chi connectivity index (χ3v) is 6.02. The van der Waals surface area contributed by atoms with E-state index in [4.69, 9.17) is 0 Å². The van der Waals surface area contributed by atoms with Crippen molar-refractivity contribution in [1.82, 2.24) is 5.32 Å². The van der Waals surface area contributed by atoms with Crippen molar-refractivity contribution >= 4 is 28.1 Å². The minimum absolute atomic E-state index is 0. The van der Waals surface area contributed by atoms with Crippen molar-refractivity contribution < 1.29 is 26.3 Å². The van der Waals surface area contributed by atoms with E-state index in [1.165, 1.54) is 4.31 Å². The third kappa shape index (κ3) is 8.08. The molecular formula is C21H26ClF3N2O3S. The van der Waals surface area contributed by atoms with E-state index >= 15 is 0 Å². The van der Waals surface area contributed by atoms with Gasteiger partial charge in [-0.05, 0) is 61.3 Å². The first-order valence-electron chi connectivity index (χ1n) is 9.46. The maximum absolute atomic E-state index is 13.1. The summed E-state index contributed by atoms with van der Waals surface area (Å²) in [6.07, 6.45) is -1.70. The van der Waals surface area contributed by atoms with Crippen LogP contribution in [0, 0.1) is 0 Å². The van der Waals surface area contributed by atoms with E-state index in [9.17, 15) is 21.6 Å². The van der Waals surface area contributed by atoms with Crippen molar-refractivity contribution in [3.8, 4) is 5.75 Å². The zero-order chi connectivity index (χ0) is 22.2. The van der Waals surface area contributed by atoms with Crippen LogP contribution < -0.4 is 14.4 Å². The molecule has 0 atom stereocenters. The number of sulfonamides is 1. The van der Waals surface area contributed by atoms with Gasteiger partial charge in [0.1, 0.15) is 5.75 Å². The summed E-state index contributed by atoms with van der Waals surface area (Å²) < 4.78 is 68.2. The highest BCUT2D eigenvalue weighted by molar-refractivity contribution is 7.92. The molecule has 2 rings (SSSR count). The summed E-state index contributed by atoms with van der Waals surface area (Å²) in [7, 11) is -3.94. The standard InChI is InChI=1S/C21H25F3N2O3S.ClH/c1-3-14-25-15-13-17-5-7-18(8-6-17)26(16-4-2)30(27,28)20-11-9-19(10-12-20)29-21(22,23)24;/h3,5-12,25H,1,4,13-16H2,2H3;1H. The number of ether oxygens (including phenoxy) is 1. The number of benzene rings is 2. The quantitative estimate of drug-likeness (QED) is 0.367. The fraction of sp³-hybridized carbons (Fsp3) is 0.333. The second-order valence-corrected chi connectivity index (χ2v) is 8.37. The average Bonchev–Trinajstić information content (AvgIpc) is 2.69. The number of halogens is 4. The molecule has 0 fully saturated rings. The second-order valence-electron chi connectivity index (χ2n) is 6.51. The largest absolute Gasteiger partial charge is 0.573 e. The molecule has 2 aromatic rings. The molecular weight excluding hydrogens is 453 g/mol. The summed E-state index contributed by atoms with van der Waals surface area (Å²) in [4.78, 5) is -0.108. The normalized spacial score (nSPS) is 11.5. The van der Waals surface area contributed by atoms with Gasteiger partial charge in [0.15, 0.2) is 0 Å².